The third kappa shape index (κ3) is 3.32. The number of fused-ring (bicyclic) bond motifs is 3. The molecule has 0 unspecified atom stereocenters. The minimum Gasteiger partial charge on any atom is -0.497 e. The molecule has 0 amide bonds. The molecule has 6 rings (SSSR count). The number of methoxy groups -OCH3 is 2. The summed E-state index contributed by atoms with van der Waals surface area (Å²) in [5, 5.41) is 29.1. The third-order valence-electron chi connectivity index (χ3n) is 9.80. The number of ether oxygens (including phenoxy) is 3. The van der Waals surface area contributed by atoms with Crippen LogP contribution >= 0.6 is 0 Å². The van der Waals surface area contributed by atoms with Crippen LogP contribution in [0.2, 0.25) is 0 Å². The van der Waals surface area contributed by atoms with Crippen LogP contribution < -0.4 is 9.47 Å². The molecule has 3 heterocycles. The molecule has 8 nitrogen and oxygen atoms in total. The van der Waals surface area contributed by atoms with Gasteiger partial charge in [0.05, 0.1) is 44.7 Å². The fourth-order valence-corrected chi connectivity index (χ4v) is 8.04. The first kappa shape index (κ1) is 25.7. The van der Waals surface area contributed by atoms with Crippen LogP contribution in [0.5, 0.6) is 11.5 Å². The van der Waals surface area contributed by atoms with Crippen molar-refractivity contribution >= 4 is 5.71 Å². The van der Waals surface area contributed by atoms with Gasteiger partial charge in [0.15, 0.2) is 0 Å². The molecule has 0 spiro atoms. The number of nitrogens with zero attached hydrogens (tertiary/aromatic N) is 5. The van der Waals surface area contributed by atoms with Crippen molar-refractivity contribution in [2.45, 2.75) is 37.9 Å². The highest BCUT2D eigenvalue weighted by atomic mass is 16.5. The van der Waals surface area contributed by atoms with Gasteiger partial charge in [-0.15, -0.1) is 0 Å². The number of hydrogen-bond donors (Lipinski definition) is 0. The molecule has 3 fully saturated rings. The molecular weight excluding hydrogens is 490 g/mol. The Labute approximate surface area is 230 Å². The molecule has 0 N–H and O–H groups in total. The smallest absolute Gasteiger partial charge is 0.246 e. The minimum atomic E-state index is -1.47. The zero-order valence-electron chi connectivity index (χ0n) is 23.2. The van der Waals surface area contributed by atoms with Gasteiger partial charge >= 0.3 is 0 Å². The molecule has 0 radical (unpaired) electrons. The van der Waals surface area contributed by atoms with Crippen molar-refractivity contribution in [1.82, 2.24) is 9.91 Å². The topological polar surface area (TPSA) is 94.1 Å². The van der Waals surface area contributed by atoms with Crippen LogP contribution in [-0.4, -0.2) is 67.7 Å². The summed E-state index contributed by atoms with van der Waals surface area (Å²) in [4.78, 5) is 2.29. The first-order chi connectivity index (χ1) is 18.8. The van der Waals surface area contributed by atoms with Crippen LogP contribution in [0, 0.1) is 45.8 Å². The van der Waals surface area contributed by atoms with E-state index in [0.29, 0.717) is 26.3 Å². The maximum absolute atomic E-state index is 10.9. The molecule has 202 valence electrons. The Morgan fingerprint density at radius 1 is 0.923 bits per heavy atom. The highest BCUT2D eigenvalue weighted by molar-refractivity contribution is 6.05. The predicted octanol–water partition coefficient (Wildman–Crippen LogP) is 4.03. The molecule has 1 saturated carbocycles. The Kier molecular flexibility index (Phi) is 5.91. The largest absolute Gasteiger partial charge is 0.497 e. The lowest BCUT2D eigenvalue weighted by molar-refractivity contribution is -0.00104. The van der Waals surface area contributed by atoms with Crippen LogP contribution in [-0.2, 0) is 10.3 Å². The summed E-state index contributed by atoms with van der Waals surface area (Å²) in [7, 11) is 3.32. The van der Waals surface area contributed by atoms with E-state index in [0.717, 1.165) is 28.3 Å². The predicted molar refractivity (Wildman–Crippen MR) is 146 cm³/mol. The highest BCUT2D eigenvalue weighted by Gasteiger charge is 2.81. The first-order valence-corrected chi connectivity index (χ1v) is 13.6. The molecule has 8 heteroatoms. The van der Waals surface area contributed by atoms with Gasteiger partial charge in [-0.2, -0.15) is 15.6 Å². The van der Waals surface area contributed by atoms with E-state index in [1.54, 1.807) is 14.2 Å². The van der Waals surface area contributed by atoms with Gasteiger partial charge in [-0.1, -0.05) is 32.9 Å². The molecule has 2 aromatic rings. The monoisotopic (exact) mass is 525 g/mol. The van der Waals surface area contributed by atoms with Gasteiger partial charge in [-0.05, 0) is 52.9 Å². The van der Waals surface area contributed by atoms with E-state index >= 15 is 0 Å². The van der Waals surface area contributed by atoms with Crippen LogP contribution in [0.4, 0.5) is 0 Å². The Hall–Kier alpha value is -3.59. The van der Waals surface area contributed by atoms with Crippen molar-refractivity contribution in [3.8, 4) is 23.6 Å². The van der Waals surface area contributed by atoms with Gasteiger partial charge in [0.25, 0.3) is 0 Å². The number of hydrogen-bond acceptors (Lipinski definition) is 8. The highest BCUT2D eigenvalue weighted by Crippen LogP contribution is 2.75. The molecule has 39 heavy (non-hydrogen) atoms. The van der Waals surface area contributed by atoms with Gasteiger partial charge in [0.1, 0.15) is 23.6 Å². The van der Waals surface area contributed by atoms with Crippen LogP contribution in [0.1, 0.15) is 31.9 Å². The van der Waals surface area contributed by atoms with Crippen molar-refractivity contribution in [3.63, 3.8) is 0 Å². The SMILES string of the molecule is COc1ccc(C2=NN3C(C#N)(C#N)[C@@H](N4CCOCC4)[C@H](C)[C@@]3(c3ccc(OC)cc3)[C@H]3[C@@H]2C3(C)C)cc1. The van der Waals surface area contributed by atoms with Crippen molar-refractivity contribution in [2.75, 3.05) is 40.5 Å². The number of nitriles is 2. The molecule has 2 saturated heterocycles. The van der Waals surface area contributed by atoms with Gasteiger partial charge in [-0.3, -0.25) is 9.91 Å². The Balaban J connectivity index is 1.62. The van der Waals surface area contributed by atoms with Gasteiger partial charge in [-0.25, -0.2) is 0 Å². The summed E-state index contributed by atoms with van der Waals surface area (Å²) >= 11 is 0. The van der Waals surface area contributed by atoms with Crippen LogP contribution in [0.3, 0.4) is 0 Å². The average Bonchev–Trinajstić information content (AvgIpc) is 3.48. The van der Waals surface area contributed by atoms with E-state index in [9.17, 15) is 10.5 Å². The van der Waals surface area contributed by atoms with E-state index in [1.807, 2.05) is 41.4 Å². The van der Waals surface area contributed by atoms with E-state index in [-0.39, 0.29) is 29.2 Å². The molecular formula is C31H35N5O3. The molecule has 5 atom stereocenters. The maximum atomic E-state index is 10.9. The minimum absolute atomic E-state index is 0.0567. The normalized spacial score (nSPS) is 32.2. The fraction of sp³-hybridized carbons (Fsp3) is 0.516. The number of benzene rings is 2. The fourth-order valence-electron chi connectivity index (χ4n) is 8.04. The standard InChI is InChI=1S/C31H35N5O3/c1-20-28(35-14-16-39-17-15-35)30(18-32,19-33)36-31(20,22-8-12-24(38-5)13-9-22)27-25(29(27,2)3)26(34-36)21-6-10-23(37-4)11-7-21/h6-13,20,25,27-28H,14-17H2,1-5H3/t20-,25+,27-,28-,31+/m0/s1. The summed E-state index contributed by atoms with van der Waals surface area (Å²) in [6.07, 6.45) is 0. The first-order valence-electron chi connectivity index (χ1n) is 13.6. The second-order valence-electron chi connectivity index (χ2n) is 11.7. The lowest BCUT2D eigenvalue weighted by Gasteiger charge is -2.46. The van der Waals surface area contributed by atoms with E-state index in [1.165, 1.54) is 0 Å². The van der Waals surface area contributed by atoms with Crippen molar-refractivity contribution in [3.05, 3.63) is 59.7 Å². The number of hydrazone groups is 1. The Morgan fingerprint density at radius 2 is 1.49 bits per heavy atom. The van der Waals surface area contributed by atoms with Crippen LogP contribution in [0.25, 0.3) is 0 Å². The van der Waals surface area contributed by atoms with Crippen molar-refractivity contribution in [1.29, 1.82) is 10.5 Å². The molecule has 0 bridgehead atoms. The molecule has 3 aliphatic heterocycles. The van der Waals surface area contributed by atoms with E-state index in [2.05, 4.69) is 49.9 Å². The number of morpholine rings is 1. The van der Waals surface area contributed by atoms with E-state index in [4.69, 9.17) is 19.3 Å². The zero-order valence-corrected chi connectivity index (χ0v) is 23.2. The summed E-state index contributed by atoms with van der Waals surface area (Å²) in [6, 6.07) is 20.8. The molecule has 4 aliphatic rings. The third-order valence-corrected chi connectivity index (χ3v) is 9.80. The summed E-state index contributed by atoms with van der Waals surface area (Å²) in [5.41, 5.74) is 0.772. The zero-order chi connectivity index (χ0) is 27.6. The lowest BCUT2D eigenvalue weighted by Crippen LogP contribution is -2.58. The molecule has 0 aromatic heterocycles. The Bertz CT molecular complexity index is 1350. The molecule has 1 aliphatic carbocycles. The van der Waals surface area contributed by atoms with Crippen molar-refractivity contribution < 1.29 is 14.2 Å². The van der Waals surface area contributed by atoms with Gasteiger partial charge < -0.3 is 14.2 Å². The second kappa shape index (κ2) is 8.98. The summed E-state index contributed by atoms with van der Waals surface area (Å²) in [6.45, 7) is 9.34. The lowest BCUT2D eigenvalue weighted by atomic mass is 9.71. The second-order valence-corrected chi connectivity index (χ2v) is 11.7. The number of rotatable bonds is 5. The quantitative estimate of drug-likeness (QED) is 0.582. The Morgan fingerprint density at radius 3 is 2.03 bits per heavy atom. The maximum Gasteiger partial charge on any atom is 0.246 e. The van der Waals surface area contributed by atoms with Gasteiger partial charge in [0.2, 0.25) is 5.54 Å². The summed E-state index contributed by atoms with van der Waals surface area (Å²) < 4.78 is 16.6. The molecule has 2 aromatic carbocycles. The summed E-state index contributed by atoms with van der Waals surface area (Å²) in [5.74, 6) is 1.81. The van der Waals surface area contributed by atoms with Crippen LogP contribution in [0.15, 0.2) is 53.6 Å². The van der Waals surface area contributed by atoms with Crippen molar-refractivity contribution in [2.24, 2.45) is 28.3 Å². The average molecular weight is 526 g/mol. The van der Waals surface area contributed by atoms with Gasteiger partial charge in [0, 0.05) is 30.8 Å². The van der Waals surface area contributed by atoms with E-state index < -0.39 is 11.1 Å².